The highest BCUT2D eigenvalue weighted by atomic mass is 127. The monoisotopic (exact) mass is 504 g/mol. The summed E-state index contributed by atoms with van der Waals surface area (Å²) in [7, 11) is 1.81. The molecular weight excluding hydrogens is 467 g/mol. The van der Waals surface area contributed by atoms with Crippen LogP contribution >= 0.6 is 24.0 Å². The second kappa shape index (κ2) is 14.9. The largest absolute Gasteiger partial charge is 0.494 e. The quantitative estimate of drug-likeness (QED) is 0.222. The van der Waals surface area contributed by atoms with Crippen LogP contribution in [0.15, 0.2) is 35.3 Å². The van der Waals surface area contributed by atoms with E-state index in [1.807, 2.05) is 30.3 Å². The summed E-state index contributed by atoms with van der Waals surface area (Å²) in [5.41, 5.74) is 0. The summed E-state index contributed by atoms with van der Waals surface area (Å²) < 4.78 is 11.6. The van der Waals surface area contributed by atoms with E-state index in [4.69, 9.17) is 9.47 Å². The normalized spacial score (nSPS) is 17.9. The minimum absolute atomic E-state index is 0. The number of benzene rings is 1. The molecule has 0 amide bonds. The molecule has 2 rings (SSSR count). The number of nitrogens with zero attached hydrogens (tertiary/aromatic N) is 2. The van der Waals surface area contributed by atoms with Crippen LogP contribution < -0.4 is 15.4 Å². The van der Waals surface area contributed by atoms with Gasteiger partial charge < -0.3 is 20.1 Å². The molecule has 1 aliphatic heterocycles. The molecule has 28 heavy (non-hydrogen) atoms. The number of guanidine groups is 1. The summed E-state index contributed by atoms with van der Waals surface area (Å²) >= 11 is 0. The van der Waals surface area contributed by atoms with E-state index >= 15 is 0 Å². The lowest BCUT2D eigenvalue weighted by atomic mass is 10.2. The lowest BCUT2D eigenvalue weighted by molar-refractivity contribution is -0.0284. The molecule has 0 spiro atoms. The molecule has 0 saturated carbocycles. The van der Waals surface area contributed by atoms with Gasteiger partial charge in [0.15, 0.2) is 5.96 Å². The molecule has 6 nitrogen and oxygen atoms in total. The summed E-state index contributed by atoms with van der Waals surface area (Å²) in [5, 5.41) is 6.75. The molecule has 1 aliphatic rings. The van der Waals surface area contributed by atoms with Crippen molar-refractivity contribution in [1.29, 1.82) is 0 Å². The van der Waals surface area contributed by atoms with Gasteiger partial charge in [0.1, 0.15) is 5.75 Å². The number of nitrogens with one attached hydrogen (secondary N) is 2. The fourth-order valence-electron chi connectivity index (χ4n) is 3.16. The first kappa shape index (κ1) is 25.0. The Labute approximate surface area is 187 Å². The Hall–Kier alpha value is -1.06. The SMILES string of the molecule is CN=C(NCCCCOc1ccccc1)NCC1CN(CC(C)C)CCO1.I. The maximum absolute atomic E-state index is 5.88. The molecule has 0 aliphatic carbocycles. The Morgan fingerprint density at radius 3 is 2.75 bits per heavy atom. The van der Waals surface area contributed by atoms with Crippen LogP contribution in [0.3, 0.4) is 0 Å². The molecule has 1 aromatic carbocycles. The Balaban J connectivity index is 0.00000392. The van der Waals surface area contributed by atoms with E-state index in [9.17, 15) is 0 Å². The van der Waals surface area contributed by atoms with Crippen molar-refractivity contribution < 1.29 is 9.47 Å². The van der Waals surface area contributed by atoms with E-state index in [1.165, 1.54) is 0 Å². The molecule has 1 atom stereocenters. The number of hydrogen-bond donors (Lipinski definition) is 2. The smallest absolute Gasteiger partial charge is 0.191 e. The van der Waals surface area contributed by atoms with Crippen LogP contribution in [-0.2, 0) is 4.74 Å². The number of hydrogen-bond acceptors (Lipinski definition) is 4. The van der Waals surface area contributed by atoms with Crippen LogP contribution in [0.4, 0.5) is 0 Å². The van der Waals surface area contributed by atoms with Crippen LogP contribution in [0.25, 0.3) is 0 Å². The van der Waals surface area contributed by atoms with Gasteiger partial charge in [0, 0.05) is 39.8 Å². The van der Waals surface area contributed by atoms with Crippen LogP contribution in [0.2, 0.25) is 0 Å². The average molecular weight is 504 g/mol. The molecule has 1 unspecified atom stereocenters. The molecular formula is C21H37IN4O2. The van der Waals surface area contributed by atoms with E-state index in [-0.39, 0.29) is 30.1 Å². The highest BCUT2D eigenvalue weighted by Crippen LogP contribution is 2.09. The molecule has 1 fully saturated rings. The van der Waals surface area contributed by atoms with Crippen molar-refractivity contribution >= 4 is 29.9 Å². The molecule has 0 bridgehead atoms. The Bertz CT molecular complexity index is 542. The van der Waals surface area contributed by atoms with Gasteiger partial charge in [-0.25, -0.2) is 0 Å². The predicted molar refractivity (Wildman–Crippen MR) is 127 cm³/mol. The highest BCUT2D eigenvalue weighted by Gasteiger charge is 2.20. The second-order valence-electron chi connectivity index (χ2n) is 7.39. The third kappa shape index (κ3) is 10.5. The van der Waals surface area contributed by atoms with Gasteiger partial charge in [-0.05, 0) is 30.9 Å². The summed E-state index contributed by atoms with van der Waals surface area (Å²) in [6, 6.07) is 9.95. The zero-order valence-electron chi connectivity index (χ0n) is 17.5. The van der Waals surface area contributed by atoms with E-state index in [1.54, 1.807) is 7.05 Å². The molecule has 7 heteroatoms. The summed E-state index contributed by atoms with van der Waals surface area (Å²) in [6.45, 7) is 10.9. The first-order valence-electron chi connectivity index (χ1n) is 10.1. The van der Waals surface area contributed by atoms with Crippen molar-refractivity contribution in [2.24, 2.45) is 10.9 Å². The number of rotatable bonds is 10. The maximum atomic E-state index is 5.88. The van der Waals surface area contributed by atoms with E-state index in [0.29, 0.717) is 5.92 Å². The molecule has 1 heterocycles. The predicted octanol–water partition coefficient (Wildman–Crippen LogP) is 2.99. The number of aliphatic imine (C=N–C) groups is 1. The van der Waals surface area contributed by atoms with Gasteiger partial charge in [-0.15, -0.1) is 24.0 Å². The lowest BCUT2D eigenvalue weighted by Gasteiger charge is -2.34. The van der Waals surface area contributed by atoms with Gasteiger partial charge in [0.05, 0.1) is 19.3 Å². The van der Waals surface area contributed by atoms with Crippen molar-refractivity contribution in [1.82, 2.24) is 15.5 Å². The molecule has 0 radical (unpaired) electrons. The first-order valence-corrected chi connectivity index (χ1v) is 10.1. The van der Waals surface area contributed by atoms with Crippen LogP contribution in [-0.4, -0.2) is 69.9 Å². The molecule has 1 aromatic rings. The van der Waals surface area contributed by atoms with Gasteiger partial charge in [-0.3, -0.25) is 9.89 Å². The minimum atomic E-state index is 0. The third-order valence-corrected chi connectivity index (χ3v) is 4.44. The van der Waals surface area contributed by atoms with Gasteiger partial charge in [0.25, 0.3) is 0 Å². The molecule has 160 valence electrons. The Kier molecular flexibility index (Phi) is 13.3. The van der Waals surface area contributed by atoms with Gasteiger partial charge in [-0.1, -0.05) is 32.0 Å². The standard InChI is InChI=1S/C21H36N4O2.HI/c1-18(2)16-25-12-14-27-20(17-25)15-24-21(22-3)23-11-7-8-13-26-19-9-5-4-6-10-19;/h4-6,9-10,18,20H,7-8,11-17H2,1-3H3,(H2,22,23,24);1H. The van der Waals surface area contributed by atoms with Crippen LogP contribution in [0.1, 0.15) is 26.7 Å². The first-order chi connectivity index (χ1) is 13.2. The van der Waals surface area contributed by atoms with E-state index in [0.717, 1.165) is 70.5 Å². The fraction of sp³-hybridized carbons (Fsp3) is 0.667. The van der Waals surface area contributed by atoms with Crippen molar-refractivity contribution in [3.05, 3.63) is 30.3 Å². The number of unbranched alkanes of at least 4 members (excludes halogenated alkanes) is 1. The lowest BCUT2D eigenvalue weighted by Crippen LogP contribution is -2.50. The topological polar surface area (TPSA) is 58.1 Å². The molecule has 2 N–H and O–H groups in total. The van der Waals surface area contributed by atoms with Gasteiger partial charge >= 0.3 is 0 Å². The summed E-state index contributed by atoms with van der Waals surface area (Å²) in [6.07, 6.45) is 2.26. The zero-order chi connectivity index (χ0) is 19.3. The number of halogens is 1. The number of para-hydroxylation sites is 1. The van der Waals surface area contributed by atoms with E-state index < -0.39 is 0 Å². The fourth-order valence-corrected chi connectivity index (χ4v) is 3.16. The van der Waals surface area contributed by atoms with Crippen LogP contribution in [0, 0.1) is 5.92 Å². The number of morpholine rings is 1. The minimum Gasteiger partial charge on any atom is -0.494 e. The van der Waals surface area contributed by atoms with Crippen molar-refractivity contribution in [2.75, 3.05) is 53.0 Å². The zero-order valence-corrected chi connectivity index (χ0v) is 19.9. The highest BCUT2D eigenvalue weighted by molar-refractivity contribution is 14.0. The Morgan fingerprint density at radius 1 is 1.25 bits per heavy atom. The van der Waals surface area contributed by atoms with E-state index in [2.05, 4.69) is 34.4 Å². The molecule has 0 aromatic heterocycles. The molecule has 1 saturated heterocycles. The van der Waals surface area contributed by atoms with Gasteiger partial charge in [-0.2, -0.15) is 0 Å². The van der Waals surface area contributed by atoms with Crippen molar-refractivity contribution in [3.63, 3.8) is 0 Å². The van der Waals surface area contributed by atoms with Crippen LogP contribution in [0.5, 0.6) is 5.75 Å². The van der Waals surface area contributed by atoms with Crippen molar-refractivity contribution in [2.45, 2.75) is 32.8 Å². The average Bonchev–Trinajstić information content (AvgIpc) is 2.67. The summed E-state index contributed by atoms with van der Waals surface area (Å²) in [4.78, 5) is 6.79. The van der Waals surface area contributed by atoms with Gasteiger partial charge in [0.2, 0.25) is 0 Å². The Morgan fingerprint density at radius 2 is 2.04 bits per heavy atom. The number of ether oxygens (including phenoxy) is 2. The van der Waals surface area contributed by atoms with Crippen molar-refractivity contribution in [3.8, 4) is 5.75 Å². The summed E-state index contributed by atoms with van der Waals surface area (Å²) in [5.74, 6) is 2.46. The second-order valence-corrected chi connectivity index (χ2v) is 7.39. The third-order valence-electron chi connectivity index (χ3n) is 4.44. The maximum Gasteiger partial charge on any atom is 0.191 e.